The smallest absolute Gasteiger partial charge is 0.306 e. The van der Waals surface area contributed by atoms with E-state index in [0.717, 1.165) is 32.1 Å². The highest BCUT2D eigenvalue weighted by Gasteiger charge is 2.22. The topological polar surface area (TPSA) is 111 Å². The fraction of sp³-hybridized carbons (Fsp3) is 0.937. The fourth-order valence-electron chi connectivity index (χ4n) is 9.60. The van der Waals surface area contributed by atoms with Gasteiger partial charge in [0.2, 0.25) is 0 Å². The lowest BCUT2D eigenvalue weighted by molar-refractivity contribution is -0.870. The van der Waals surface area contributed by atoms with Gasteiger partial charge in [-0.05, 0) is 38.5 Å². The summed E-state index contributed by atoms with van der Waals surface area (Å²) in [4.78, 5) is 37.9. The second kappa shape index (κ2) is 55.5. The lowest BCUT2D eigenvalue weighted by Gasteiger charge is -2.28. The number of carbonyl (C=O) groups excluding carboxylic acids is 2. The van der Waals surface area contributed by atoms with E-state index in [1.165, 1.54) is 263 Å². The zero-order valence-corrected chi connectivity index (χ0v) is 50.3. The van der Waals surface area contributed by atoms with Crippen molar-refractivity contribution in [2.75, 3.05) is 47.5 Å². The van der Waals surface area contributed by atoms with Crippen LogP contribution in [-0.4, -0.2) is 70.0 Å². The number of quaternary nitrogens is 1. The van der Waals surface area contributed by atoms with Gasteiger partial charge in [0.1, 0.15) is 19.8 Å². The van der Waals surface area contributed by atoms with Gasteiger partial charge in [-0.3, -0.25) is 14.2 Å². The molecule has 0 fully saturated rings. The standard InChI is InChI=1S/C63H124NO8P/c1-6-8-10-12-14-16-18-20-22-24-26-28-30-31-32-33-34-36-38-40-42-44-46-48-50-52-54-56-63(66)72-61(60-71-73(67,68)70-58-57-64(3,4)5)59-69-62(65)55-53-51-49-47-45-43-41-39-37-35-29-27-25-23-21-19-17-15-13-11-9-7-2/h24,26,61H,6-23,25,27-60H2,1-5H3/b26-24-. The number of ether oxygens (including phenoxy) is 2. The van der Waals surface area contributed by atoms with Crippen molar-refractivity contribution in [1.29, 1.82) is 0 Å². The molecule has 0 aromatic carbocycles. The predicted molar refractivity (Wildman–Crippen MR) is 310 cm³/mol. The van der Waals surface area contributed by atoms with Gasteiger partial charge >= 0.3 is 11.9 Å². The summed E-state index contributed by atoms with van der Waals surface area (Å²) in [6.45, 7) is 4.31. The first-order valence-electron chi connectivity index (χ1n) is 31.9. The van der Waals surface area contributed by atoms with E-state index in [9.17, 15) is 19.0 Å². The molecule has 0 radical (unpaired) electrons. The summed E-state index contributed by atoms with van der Waals surface area (Å²) < 4.78 is 34.3. The van der Waals surface area contributed by atoms with Crippen LogP contribution in [0.25, 0.3) is 0 Å². The Kier molecular flexibility index (Phi) is 54.6. The molecule has 0 bridgehead atoms. The van der Waals surface area contributed by atoms with Gasteiger partial charge in [0.15, 0.2) is 6.10 Å². The Morgan fingerprint density at radius 3 is 1.01 bits per heavy atom. The quantitative estimate of drug-likeness (QED) is 0.0195. The SMILES string of the molecule is CCCCCCCCCC/C=C\CCCCCCCCCCCCCCCCCC(=O)OC(COC(=O)CCCCCCCCCCCCCCCCCCCCCCCC)COP(=O)([O-])OCC[N+](C)(C)C. The van der Waals surface area contributed by atoms with E-state index in [1.54, 1.807) is 0 Å². The highest BCUT2D eigenvalue weighted by molar-refractivity contribution is 7.45. The molecule has 0 aromatic heterocycles. The number of hydrogen-bond acceptors (Lipinski definition) is 8. The average Bonchev–Trinajstić information content (AvgIpc) is 3.35. The molecule has 0 heterocycles. The summed E-state index contributed by atoms with van der Waals surface area (Å²) in [5.41, 5.74) is 0. The van der Waals surface area contributed by atoms with Gasteiger partial charge in [0.05, 0.1) is 27.7 Å². The second-order valence-corrected chi connectivity index (χ2v) is 24.5. The summed E-state index contributed by atoms with van der Waals surface area (Å²) in [5.74, 6) is -0.810. The number of nitrogens with zero attached hydrogens (tertiary/aromatic N) is 1. The van der Waals surface area contributed by atoms with Crippen LogP contribution in [0.3, 0.4) is 0 Å². The largest absolute Gasteiger partial charge is 0.756 e. The van der Waals surface area contributed by atoms with Gasteiger partial charge in [-0.1, -0.05) is 289 Å². The number of carbonyl (C=O) groups is 2. The maximum absolute atomic E-state index is 12.8. The van der Waals surface area contributed by atoms with E-state index >= 15 is 0 Å². The number of likely N-dealkylation sites (N-methyl/N-ethyl adjacent to an activating group) is 1. The molecule has 0 saturated carbocycles. The van der Waals surface area contributed by atoms with E-state index in [2.05, 4.69) is 26.0 Å². The van der Waals surface area contributed by atoms with Crippen LogP contribution >= 0.6 is 7.82 Å². The molecule has 434 valence electrons. The number of allylic oxidation sites excluding steroid dienone is 2. The lowest BCUT2D eigenvalue weighted by atomic mass is 10.0. The molecule has 0 aliphatic carbocycles. The fourth-order valence-corrected chi connectivity index (χ4v) is 10.3. The van der Waals surface area contributed by atoms with E-state index in [4.69, 9.17) is 18.5 Å². The Bertz CT molecular complexity index is 1240. The third kappa shape index (κ3) is 59.8. The molecule has 0 amide bonds. The van der Waals surface area contributed by atoms with Crippen LogP contribution in [0.1, 0.15) is 328 Å². The Labute approximate surface area is 454 Å². The Balaban J connectivity index is 4.05. The summed E-state index contributed by atoms with van der Waals surface area (Å²) in [6.07, 6.45) is 65.6. The zero-order chi connectivity index (χ0) is 53.5. The summed E-state index contributed by atoms with van der Waals surface area (Å²) in [7, 11) is 1.19. The lowest BCUT2D eigenvalue weighted by Crippen LogP contribution is -2.37. The van der Waals surface area contributed by atoms with Gasteiger partial charge < -0.3 is 27.9 Å². The van der Waals surface area contributed by atoms with E-state index in [1.807, 2.05) is 21.1 Å². The minimum atomic E-state index is -4.63. The van der Waals surface area contributed by atoms with Crippen LogP contribution in [0.2, 0.25) is 0 Å². The van der Waals surface area contributed by atoms with Crippen molar-refractivity contribution in [2.45, 2.75) is 335 Å². The first-order valence-corrected chi connectivity index (χ1v) is 33.4. The summed E-state index contributed by atoms with van der Waals surface area (Å²) in [5, 5.41) is 0. The molecule has 0 saturated heterocycles. The predicted octanol–water partition coefficient (Wildman–Crippen LogP) is 19.4. The van der Waals surface area contributed by atoms with Gasteiger partial charge in [0.25, 0.3) is 7.82 Å². The number of hydrogen-bond donors (Lipinski definition) is 0. The number of rotatable bonds is 60. The van der Waals surface area contributed by atoms with Crippen molar-refractivity contribution in [1.82, 2.24) is 0 Å². The molecular weight excluding hydrogens is 930 g/mol. The molecule has 0 aliphatic rings. The Morgan fingerprint density at radius 2 is 0.699 bits per heavy atom. The molecule has 73 heavy (non-hydrogen) atoms. The molecule has 9 nitrogen and oxygen atoms in total. The van der Waals surface area contributed by atoms with Crippen LogP contribution in [0.15, 0.2) is 12.2 Å². The molecule has 0 aromatic rings. The van der Waals surface area contributed by atoms with E-state index in [-0.39, 0.29) is 32.0 Å². The second-order valence-electron chi connectivity index (χ2n) is 23.1. The van der Waals surface area contributed by atoms with Crippen molar-refractivity contribution in [3.8, 4) is 0 Å². The molecule has 0 N–H and O–H groups in total. The third-order valence-electron chi connectivity index (χ3n) is 14.5. The highest BCUT2D eigenvalue weighted by atomic mass is 31.2. The van der Waals surface area contributed by atoms with Crippen molar-refractivity contribution < 1.29 is 42.1 Å². The van der Waals surface area contributed by atoms with Gasteiger partial charge in [0, 0.05) is 12.8 Å². The van der Waals surface area contributed by atoms with Gasteiger partial charge in [-0.2, -0.15) is 0 Å². The van der Waals surface area contributed by atoms with Crippen LogP contribution in [0.5, 0.6) is 0 Å². The Hall–Kier alpha value is -1.25. The first kappa shape index (κ1) is 71.8. The molecule has 0 rings (SSSR count). The van der Waals surface area contributed by atoms with E-state index < -0.39 is 26.5 Å². The monoisotopic (exact) mass is 1050 g/mol. The highest BCUT2D eigenvalue weighted by Crippen LogP contribution is 2.38. The van der Waals surface area contributed by atoms with Crippen molar-refractivity contribution in [2.24, 2.45) is 0 Å². The molecule has 0 aliphatic heterocycles. The van der Waals surface area contributed by atoms with Gasteiger partial charge in [-0.25, -0.2) is 0 Å². The first-order chi connectivity index (χ1) is 35.5. The van der Waals surface area contributed by atoms with Crippen LogP contribution in [0, 0.1) is 0 Å². The number of phosphoric ester groups is 1. The average molecular weight is 1050 g/mol. The summed E-state index contributed by atoms with van der Waals surface area (Å²) >= 11 is 0. The van der Waals surface area contributed by atoms with Crippen LogP contribution < -0.4 is 4.89 Å². The van der Waals surface area contributed by atoms with E-state index in [0.29, 0.717) is 17.4 Å². The number of esters is 2. The maximum Gasteiger partial charge on any atom is 0.306 e. The zero-order valence-electron chi connectivity index (χ0n) is 49.4. The maximum atomic E-state index is 12.8. The van der Waals surface area contributed by atoms with Crippen LogP contribution in [0.4, 0.5) is 0 Å². The van der Waals surface area contributed by atoms with Crippen LogP contribution in [-0.2, 0) is 32.7 Å². The van der Waals surface area contributed by atoms with Crippen molar-refractivity contribution in [3.63, 3.8) is 0 Å². The number of unbranched alkanes of at least 4 members (excludes halogenated alkanes) is 44. The van der Waals surface area contributed by atoms with Gasteiger partial charge in [-0.15, -0.1) is 0 Å². The normalized spacial score (nSPS) is 13.2. The molecule has 2 atom stereocenters. The minimum Gasteiger partial charge on any atom is -0.756 e. The third-order valence-corrected chi connectivity index (χ3v) is 15.5. The minimum absolute atomic E-state index is 0.0263. The summed E-state index contributed by atoms with van der Waals surface area (Å²) in [6, 6.07) is 0. The molecule has 0 spiro atoms. The molecule has 2 unspecified atom stereocenters. The van der Waals surface area contributed by atoms with Crippen molar-refractivity contribution >= 4 is 19.8 Å². The molecular formula is C63H124NO8P. The molecule has 10 heteroatoms. The van der Waals surface area contributed by atoms with Crippen molar-refractivity contribution in [3.05, 3.63) is 12.2 Å². The Morgan fingerprint density at radius 1 is 0.411 bits per heavy atom. The number of phosphoric acid groups is 1.